The predicted molar refractivity (Wildman–Crippen MR) is 282 cm³/mol. The fraction of sp³-hybridized carbons (Fsp3) is 0.0333. The van der Waals surface area contributed by atoms with Crippen molar-refractivity contribution in [3.05, 3.63) is 200 Å². The zero-order valence-electron chi connectivity index (χ0n) is 38.0. The van der Waals surface area contributed by atoms with E-state index in [1.54, 1.807) is 37.2 Å². The van der Waals surface area contributed by atoms with Crippen molar-refractivity contribution in [2.75, 3.05) is 0 Å². The van der Waals surface area contributed by atoms with Gasteiger partial charge in [0.15, 0.2) is 11.5 Å². The summed E-state index contributed by atoms with van der Waals surface area (Å²) < 4.78 is 18.2. The Balaban J connectivity index is 0.796. The molecule has 12 heteroatoms. The molecule has 336 valence electrons. The minimum Gasteiger partial charge on any atom is -0.459 e. The van der Waals surface area contributed by atoms with Crippen LogP contribution in [-0.2, 0) is 6.42 Å². The van der Waals surface area contributed by atoms with E-state index in [1.807, 2.05) is 66.7 Å². The molecular formula is C60H34N10O2. The summed E-state index contributed by atoms with van der Waals surface area (Å²) in [5.74, 6) is 2.81. The Morgan fingerprint density at radius 1 is 0.403 bits per heavy atom. The molecule has 0 N–H and O–H groups in total. The van der Waals surface area contributed by atoms with Gasteiger partial charge in [-0.15, -0.1) is 0 Å². The molecule has 72 heavy (non-hydrogen) atoms. The predicted octanol–water partition coefficient (Wildman–Crippen LogP) is 13.7. The van der Waals surface area contributed by atoms with Crippen molar-refractivity contribution in [3.8, 4) is 34.2 Å². The van der Waals surface area contributed by atoms with Gasteiger partial charge in [-0.25, -0.2) is 14.6 Å². The first-order chi connectivity index (χ1) is 35.7. The molecule has 1 unspecified atom stereocenters. The van der Waals surface area contributed by atoms with Crippen molar-refractivity contribution in [3.63, 3.8) is 0 Å². The normalized spacial score (nSPS) is 13.9. The van der Waals surface area contributed by atoms with Crippen molar-refractivity contribution in [2.45, 2.75) is 12.3 Å². The number of nitrogens with zero attached hydrogens (tertiary/aromatic N) is 10. The molecule has 0 bridgehead atoms. The summed E-state index contributed by atoms with van der Waals surface area (Å²) in [5, 5.41) is 7.09. The zero-order chi connectivity index (χ0) is 47.0. The molecule has 0 spiro atoms. The molecule has 0 saturated carbocycles. The van der Waals surface area contributed by atoms with Crippen LogP contribution in [-0.4, -0.2) is 49.2 Å². The highest BCUT2D eigenvalue weighted by atomic mass is 16.3. The van der Waals surface area contributed by atoms with Gasteiger partial charge in [-0.2, -0.15) is 0 Å². The molecule has 5 aromatic carbocycles. The van der Waals surface area contributed by atoms with Gasteiger partial charge in [0.25, 0.3) is 0 Å². The topological polar surface area (TPSA) is 139 Å². The van der Waals surface area contributed by atoms with E-state index in [2.05, 4.69) is 104 Å². The van der Waals surface area contributed by atoms with Crippen LogP contribution in [0.3, 0.4) is 0 Å². The van der Waals surface area contributed by atoms with Crippen LogP contribution in [0.25, 0.3) is 139 Å². The number of hydrogen-bond acceptors (Lipinski definition) is 10. The Kier molecular flexibility index (Phi) is 8.00. The first kappa shape index (κ1) is 39.0. The van der Waals surface area contributed by atoms with Gasteiger partial charge in [0.2, 0.25) is 0 Å². The maximum Gasteiger partial charge on any atom is 0.154 e. The molecule has 15 aromatic rings. The lowest BCUT2D eigenvalue weighted by molar-refractivity contribution is 0.492. The lowest BCUT2D eigenvalue weighted by Gasteiger charge is -2.21. The first-order valence-corrected chi connectivity index (χ1v) is 23.8. The van der Waals surface area contributed by atoms with Gasteiger partial charge in [-0.05, 0) is 91.0 Å². The molecule has 1 atom stereocenters. The van der Waals surface area contributed by atoms with Gasteiger partial charge < -0.3 is 8.83 Å². The number of pyridine rings is 4. The molecule has 0 saturated heterocycles. The minimum atomic E-state index is -0.0455. The van der Waals surface area contributed by atoms with E-state index in [-0.39, 0.29) is 5.92 Å². The summed E-state index contributed by atoms with van der Waals surface area (Å²) in [6.45, 7) is 0. The third-order valence-electron chi connectivity index (χ3n) is 14.4. The molecule has 1 aliphatic rings. The highest BCUT2D eigenvalue weighted by Gasteiger charge is 2.28. The third kappa shape index (κ3) is 5.56. The van der Waals surface area contributed by atoms with Crippen LogP contribution >= 0.6 is 0 Å². The average Bonchev–Trinajstić information content (AvgIpc) is 4.28. The van der Waals surface area contributed by atoms with Crippen LogP contribution in [0.15, 0.2) is 192 Å². The quantitative estimate of drug-likeness (QED) is 0.153. The van der Waals surface area contributed by atoms with Gasteiger partial charge in [-0.3, -0.25) is 34.6 Å². The second-order valence-corrected chi connectivity index (χ2v) is 18.3. The molecule has 0 radical (unpaired) electrons. The maximum atomic E-state index is 6.75. The largest absolute Gasteiger partial charge is 0.459 e. The standard InChI is InChI=1S/C60H34N10O2/c1-3-15-45-35(9-1)37-19-17-33(49-21-23-51(71-49)43-31-65-57-39-11-5-25-61-53(39)55-41(59(57)67-43)13-7-27-63-55)29-47(37)69(45)70-46-16-4-2-10-36(46)38-20-18-34(30-48(38)70)50-22-24-52(72-50)44-32-66-58-40-12-6-26-62-54(40)56-42(60(58)68-44)14-8-28-64-56/h1-29,31-32,34H,30H2. The van der Waals surface area contributed by atoms with Crippen LogP contribution in [0.5, 0.6) is 0 Å². The summed E-state index contributed by atoms with van der Waals surface area (Å²) in [6, 6.07) is 47.7. The number of allylic oxidation sites excluding steroid dienone is 1. The number of aromatic nitrogens is 10. The number of benzene rings is 5. The molecule has 10 aromatic heterocycles. The third-order valence-corrected chi connectivity index (χ3v) is 14.4. The summed E-state index contributed by atoms with van der Waals surface area (Å²) in [4.78, 5) is 38.9. The fourth-order valence-electron chi connectivity index (χ4n) is 11.2. The van der Waals surface area contributed by atoms with E-state index in [0.717, 1.165) is 110 Å². The second kappa shape index (κ2) is 14.8. The Labute approximate surface area is 407 Å². The van der Waals surface area contributed by atoms with Gasteiger partial charge in [0.1, 0.15) is 22.9 Å². The molecule has 10 heterocycles. The van der Waals surface area contributed by atoms with Crippen molar-refractivity contribution >= 4 is 104 Å². The summed E-state index contributed by atoms with van der Waals surface area (Å²) in [6.07, 6.45) is 16.0. The van der Waals surface area contributed by atoms with E-state index in [0.29, 0.717) is 29.3 Å². The van der Waals surface area contributed by atoms with E-state index in [9.17, 15) is 0 Å². The molecule has 16 rings (SSSR count). The van der Waals surface area contributed by atoms with Crippen LogP contribution in [0, 0.1) is 0 Å². The van der Waals surface area contributed by atoms with Crippen LogP contribution < -0.4 is 0 Å². The second-order valence-electron chi connectivity index (χ2n) is 18.3. The number of rotatable bonds is 5. The molecule has 12 nitrogen and oxygen atoms in total. The van der Waals surface area contributed by atoms with Gasteiger partial charge >= 0.3 is 0 Å². The van der Waals surface area contributed by atoms with E-state index in [4.69, 9.17) is 38.7 Å². The number of fused-ring (bicyclic) bond motifs is 18. The van der Waals surface area contributed by atoms with Crippen molar-refractivity contribution in [2.24, 2.45) is 0 Å². The molecular weight excluding hydrogens is 893 g/mol. The Bertz CT molecular complexity index is 4760. The SMILES string of the molecule is C1=CC(c2ccc(-c3cnc4c5cccnc5c5ncccc5c4n3)o2)Cc2c1c1ccccc1n2-n1c2ccccc2c2ccc(-c3ccc(-c4cnc5c6cccnc6c6ncccc6c5n4)o3)cc21. The van der Waals surface area contributed by atoms with E-state index in [1.165, 1.54) is 16.6 Å². The van der Waals surface area contributed by atoms with Crippen LogP contribution in [0.2, 0.25) is 0 Å². The fourth-order valence-corrected chi connectivity index (χ4v) is 11.2. The maximum absolute atomic E-state index is 6.75. The summed E-state index contributed by atoms with van der Waals surface area (Å²) >= 11 is 0. The summed E-state index contributed by atoms with van der Waals surface area (Å²) in [7, 11) is 0. The molecule has 0 fully saturated rings. The Morgan fingerprint density at radius 2 is 0.903 bits per heavy atom. The zero-order valence-corrected chi connectivity index (χ0v) is 38.0. The molecule has 0 amide bonds. The highest BCUT2D eigenvalue weighted by Crippen LogP contribution is 2.42. The van der Waals surface area contributed by atoms with Crippen molar-refractivity contribution in [1.82, 2.24) is 49.2 Å². The Hall–Kier alpha value is -9.94. The lowest BCUT2D eigenvalue weighted by Crippen LogP contribution is -2.16. The van der Waals surface area contributed by atoms with Gasteiger partial charge in [0.05, 0.1) is 78.8 Å². The van der Waals surface area contributed by atoms with Crippen LogP contribution in [0.4, 0.5) is 0 Å². The van der Waals surface area contributed by atoms with E-state index < -0.39 is 0 Å². The van der Waals surface area contributed by atoms with E-state index >= 15 is 0 Å². The van der Waals surface area contributed by atoms with Gasteiger partial charge in [-0.1, -0.05) is 60.7 Å². The average molecular weight is 927 g/mol. The monoisotopic (exact) mass is 926 g/mol. The number of hydrogen-bond donors (Lipinski definition) is 0. The van der Waals surface area contributed by atoms with Crippen molar-refractivity contribution in [1.29, 1.82) is 0 Å². The van der Waals surface area contributed by atoms with Gasteiger partial charge in [0, 0.05) is 86.0 Å². The number of para-hydroxylation sites is 2. The van der Waals surface area contributed by atoms with Crippen molar-refractivity contribution < 1.29 is 8.83 Å². The number of furan rings is 2. The highest BCUT2D eigenvalue weighted by molar-refractivity contribution is 6.21. The van der Waals surface area contributed by atoms with Crippen LogP contribution in [0.1, 0.15) is 22.9 Å². The molecule has 0 aliphatic heterocycles. The Morgan fingerprint density at radius 3 is 1.54 bits per heavy atom. The minimum absolute atomic E-state index is 0.0455. The summed E-state index contributed by atoms with van der Waals surface area (Å²) in [5.41, 5.74) is 14.1. The molecule has 1 aliphatic carbocycles. The smallest absolute Gasteiger partial charge is 0.154 e. The lowest BCUT2D eigenvalue weighted by atomic mass is 9.91. The first-order valence-electron chi connectivity index (χ1n) is 23.8.